The molecule has 3 unspecified atom stereocenters. The molecule has 2 fully saturated rings. The summed E-state index contributed by atoms with van der Waals surface area (Å²) in [6.45, 7) is 13.5. The molecule has 2 aliphatic rings. The largest absolute Gasteiger partial charge is 0.598 e. The van der Waals surface area contributed by atoms with Crippen LogP contribution in [0.4, 0.5) is 8.78 Å². The lowest BCUT2D eigenvalue weighted by Gasteiger charge is -2.36. The van der Waals surface area contributed by atoms with Crippen molar-refractivity contribution in [3.63, 3.8) is 0 Å². The van der Waals surface area contributed by atoms with E-state index in [1.807, 2.05) is 37.5 Å². The number of nitrogens with two attached hydrogens (primary N) is 1. The third-order valence-electron chi connectivity index (χ3n) is 7.75. The van der Waals surface area contributed by atoms with Gasteiger partial charge in [-0.2, -0.15) is 0 Å². The quantitative estimate of drug-likeness (QED) is 0.179. The van der Waals surface area contributed by atoms with Gasteiger partial charge in [0.2, 0.25) is 5.92 Å². The van der Waals surface area contributed by atoms with Gasteiger partial charge < -0.3 is 19.6 Å². The Kier molecular flexibility index (Phi) is 9.01. The first-order valence-electron chi connectivity index (χ1n) is 14.0. The van der Waals surface area contributed by atoms with Crippen LogP contribution < -0.4 is 10.5 Å². The average molecular weight is 569 g/mol. The number of imidazole rings is 1. The molecule has 0 amide bonds. The van der Waals surface area contributed by atoms with Gasteiger partial charge in [-0.3, -0.25) is 0 Å². The highest BCUT2D eigenvalue weighted by Gasteiger charge is 2.44. The van der Waals surface area contributed by atoms with Crippen LogP contribution in [-0.2, 0) is 22.8 Å². The van der Waals surface area contributed by atoms with Crippen LogP contribution in [0.15, 0.2) is 18.2 Å². The van der Waals surface area contributed by atoms with Gasteiger partial charge in [-0.25, -0.2) is 13.8 Å². The summed E-state index contributed by atoms with van der Waals surface area (Å²) in [6, 6.07) is 6.50. The Bertz CT molecular complexity index is 1100. The fourth-order valence-electron chi connectivity index (χ4n) is 5.15. The van der Waals surface area contributed by atoms with Gasteiger partial charge in [0.05, 0.1) is 11.0 Å². The molecule has 0 spiro atoms. The SMILES string of the molecule is CC(C)(C)[S+]([O-])NC(c1nc2ccc(C(N)C3CC3)cc2n1COCC[Si](C)(C)C)[C@H]1CCCC(F)(F)C1. The second kappa shape index (κ2) is 11.4. The van der Waals surface area contributed by atoms with Gasteiger partial charge in [0, 0.05) is 44.9 Å². The maximum absolute atomic E-state index is 14.6. The van der Waals surface area contributed by atoms with E-state index in [9.17, 15) is 13.3 Å². The molecule has 38 heavy (non-hydrogen) atoms. The van der Waals surface area contributed by atoms with Crippen molar-refractivity contribution in [2.45, 2.75) is 114 Å². The Morgan fingerprint density at radius 2 is 1.95 bits per heavy atom. The molecule has 0 aliphatic heterocycles. The van der Waals surface area contributed by atoms with Crippen molar-refractivity contribution in [3.8, 4) is 0 Å². The van der Waals surface area contributed by atoms with E-state index in [-0.39, 0.29) is 25.6 Å². The molecule has 2 aliphatic carbocycles. The smallest absolute Gasteiger partial charge is 0.248 e. The molecule has 3 N–H and O–H groups in total. The predicted octanol–water partition coefficient (Wildman–Crippen LogP) is 6.68. The van der Waals surface area contributed by atoms with Gasteiger partial charge in [-0.1, -0.05) is 25.7 Å². The minimum absolute atomic E-state index is 0.0293. The Labute approximate surface area is 230 Å². The van der Waals surface area contributed by atoms with E-state index in [4.69, 9.17) is 15.5 Å². The van der Waals surface area contributed by atoms with Crippen molar-refractivity contribution in [3.05, 3.63) is 29.6 Å². The third-order valence-corrected chi connectivity index (χ3v) is 11.0. The van der Waals surface area contributed by atoms with Crippen LogP contribution >= 0.6 is 0 Å². The van der Waals surface area contributed by atoms with Gasteiger partial charge >= 0.3 is 0 Å². The molecule has 214 valence electrons. The van der Waals surface area contributed by atoms with Crippen LogP contribution in [0, 0.1) is 11.8 Å². The Hall–Kier alpha value is -1.04. The lowest BCUT2D eigenvalue weighted by atomic mass is 9.81. The molecule has 6 nitrogen and oxygen atoms in total. The monoisotopic (exact) mass is 568 g/mol. The topological polar surface area (TPSA) is 88.2 Å². The Morgan fingerprint density at radius 1 is 1.24 bits per heavy atom. The van der Waals surface area contributed by atoms with Crippen molar-refractivity contribution in [1.82, 2.24) is 14.3 Å². The Balaban J connectivity index is 1.75. The highest BCUT2D eigenvalue weighted by molar-refractivity contribution is 7.90. The summed E-state index contributed by atoms with van der Waals surface area (Å²) in [5.41, 5.74) is 9.26. The number of benzene rings is 1. The van der Waals surface area contributed by atoms with E-state index in [2.05, 4.69) is 30.4 Å². The van der Waals surface area contributed by atoms with Crippen LogP contribution in [0.3, 0.4) is 0 Å². The number of alkyl halides is 2. The summed E-state index contributed by atoms with van der Waals surface area (Å²) in [6.07, 6.45) is 3.01. The van der Waals surface area contributed by atoms with Crippen molar-refractivity contribution in [1.29, 1.82) is 0 Å². The molecule has 10 heteroatoms. The fourth-order valence-corrected chi connectivity index (χ4v) is 6.79. The van der Waals surface area contributed by atoms with Crippen molar-refractivity contribution in [2.24, 2.45) is 17.6 Å². The normalized spacial score (nSPS) is 22.9. The Morgan fingerprint density at radius 3 is 2.55 bits per heavy atom. The molecule has 1 aromatic heterocycles. The summed E-state index contributed by atoms with van der Waals surface area (Å²) in [5.74, 6) is -2.01. The number of fused-ring (bicyclic) bond motifs is 1. The second-order valence-corrected chi connectivity index (χ2v) is 21.2. The van der Waals surface area contributed by atoms with E-state index >= 15 is 0 Å². The number of hydrogen-bond donors (Lipinski definition) is 2. The highest BCUT2D eigenvalue weighted by atomic mass is 32.2. The molecule has 4 rings (SSSR count). The van der Waals surface area contributed by atoms with Gasteiger partial charge in [0.1, 0.15) is 23.3 Å². The van der Waals surface area contributed by atoms with Crippen LogP contribution in [0.2, 0.25) is 25.7 Å². The van der Waals surface area contributed by atoms with Crippen LogP contribution in [-0.4, -0.2) is 39.5 Å². The first-order valence-corrected chi connectivity index (χ1v) is 18.9. The molecule has 2 saturated carbocycles. The van der Waals surface area contributed by atoms with E-state index in [1.54, 1.807) is 0 Å². The zero-order valence-corrected chi connectivity index (χ0v) is 25.7. The maximum atomic E-state index is 14.6. The van der Waals surface area contributed by atoms with Gasteiger partial charge in [-0.05, 0) is 82.0 Å². The van der Waals surface area contributed by atoms with E-state index in [0.717, 1.165) is 35.5 Å². The molecule has 0 saturated heterocycles. The minimum atomic E-state index is -2.74. The zero-order chi connectivity index (χ0) is 27.9. The number of nitrogens with one attached hydrogen (secondary N) is 1. The number of rotatable bonds is 11. The third kappa shape index (κ3) is 7.57. The summed E-state index contributed by atoms with van der Waals surface area (Å²) in [4.78, 5) is 4.97. The van der Waals surface area contributed by atoms with Crippen LogP contribution in [0.5, 0.6) is 0 Å². The molecule has 0 bridgehead atoms. The van der Waals surface area contributed by atoms with Crippen LogP contribution in [0.25, 0.3) is 11.0 Å². The average Bonchev–Trinajstić information content (AvgIpc) is 3.59. The molecular weight excluding hydrogens is 522 g/mol. The minimum Gasteiger partial charge on any atom is -0.598 e. The summed E-state index contributed by atoms with van der Waals surface area (Å²) >= 11 is -1.46. The zero-order valence-electron chi connectivity index (χ0n) is 23.9. The molecule has 2 aromatic rings. The first kappa shape index (κ1) is 29.9. The molecule has 4 atom stereocenters. The predicted molar refractivity (Wildman–Crippen MR) is 154 cm³/mol. The van der Waals surface area contributed by atoms with E-state index < -0.39 is 42.1 Å². The van der Waals surface area contributed by atoms with E-state index in [1.165, 1.54) is 0 Å². The lowest BCUT2D eigenvalue weighted by Crippen LogP contribution is -2.45. The lowest BCUT2D eigenvalue weighted by molar-refractivity contribution is -0.0580. The van der Waals surface area contributed by atoms with Gasteiger partial charge in [-0.15, -0.1) is 4.72 Å². The van der Waals surface area contributed by atoms with Gasteiger partial charge in [0.25, 0.3) is 0 Å². The van der Waals surface area contributed by atoms with Crippen molar-refractivity contribution >= 4 is 30.5 Å². The molecular formula is C28H46F2N4O2SSi. The number of hydrogen-bond acceptors (Lipinski definition) is 5. The maximum Gasteiger partial charge on any atom is 0.248 e. The molecule has 1 aromatic carbocycles. The number of aromatic nitrogens is 2. The first-order chi connectivity index (χ1) is 17.6. The number of nitrogens with zero attached hydrogens (tertiary/aromatic N) is 2. The number of halogens is 2. The van der Waals surface area contributed by atoms with Crippen molar-refractivity contribution in [2.75, 3.05) is 6.61 Å². The summed E-state index contributed by atoms with van der Waals surface area (Å²) in [7, 11) is -1.29. The summed E-state index contributed by atoms with van der Waals surface area (Å²) < 4.78 is 53.4. The second-order valence-electron chi connectivity index (χ2n) is 13.5. The molecule has 0 radical (unpaired) electrons. The standard InChI is InChI=1S/C28H46F2N4O2SSi/c1-27(2,3)37(35)33-25(21-8-7-13-28(29,30)17-21)26-32-22-12-11-20(24(31)19-9-10-19)16-23(22)34(26)18-36-14-15-38(4,5)6/h11-12,16,19,21,24-25,33H,7-10,13-15,17-18,31H2,1-6H3/t21-,24?,25?,37?/m0/s1. The number of ether oxygens (including phenoxy) is 1. The van der Waals surface area contributed by atoms with Crippen LogP contribution in [0.1, 0.15) is 82.8 Å². The summed E-state index contributed by atoms with van der Waals surface area (Å²) in [5, 5.41) is 0. The van der Waals surface area contributed by atoms with E-state index in [0.29, 0.717) is 31.2 Å². The highest BCUT2D eigenvalue weighted by Crippen LogP contribution is 2.44. The molecule has 1 heterocycles. The van der Waals surface area contributed by atoms with Crippen molar-refractivity contribution < 1.29 is 18.1 Å². The fraction of sp³-hybridized carbons (Fsp3) is 0.750. The van der Waals surface area contributed by atoms with Gasteiger partial charge in [0.15, 0.2) is 0 Å².